The lowest BCUT2D eigenvalue weighted by molar-refractivity contribution is 0.863. The molecule has 3 aliphatic carbocycles. The van der Waals surface area contributed by atoms with Crippen molar-refractivity contribution < 1.29 is 0 Å². The van der Waals surface area contributed by atoms with Crippen LogP contribution in [0.15, 0.2) is 164 Å². The predicted octanol–water partition coefficient (Wildman–Crippen LogP) is 13.5. The Bertz CT molecular complexity index is 3660. The van der Waals surface area contributed by atoms with Crippen molar-refractivity contribution in [3.05, 3.63) is 204 Å². The lowest BCUT2D eigenvalue weighted by Gasteiger charge is -2.31. The molecule has 0 spiro atoms. The molecule has 0 aliphatic heterocycles. The topological polar surface area (TPSA) is 67.2 Å². The molecule has 0 radical (unpaired) electrons. The Morgan fingerprint density at radius 1 is 0.484 bits per heavy atom. The molecule has 0 amide bonds. The fourth-order valence-electron chi connectivity index (χ4n) is 11.5. The van der Waals surface area contributed by atoms with Gasteiger partial charge < -0.3 is 14.5 Å². The molecule has 0 saturated carbocycles. The minimum atomic E-state index is 0.983. The molecule has 11 aromatic rings. The van der Waals surface area contributed by atoms with Gasteiger partial charge in [-0.05, 0) is 167 Å². The third-order valence-electron chi connectivity index (χ3n) is 14.4. The molecule has 0 saturated heterocycles. The van der Waals surface area contributed by atoms with Crippen LogP contribution in [-0.2, 0) is 32.1 Å². The van der Waals surface area contributed by atoms with Gasteiger partial charge in [-0.1, -0.05) is 66.7 Å². The molecule has 0 bridgehead atoms. The number of fused-ring (bicyclic) bond motifs is 8. The van der Waals surface area contributed by atoms with E-state index in [9.17, 15) is 0 Å². The lowest BCUT2D eigenvalue weighted by atomic mass is 9.73. The molecule has 6 nitrogen and oxygen atoms in total. The summed E-state index contributed by atoms with van der Waals surface area (Å²) in [6.07, 6.45) is 18.5. The highest BCUT2D eigenvalue weighted by atomic mass is 15.1. The van der Waals surface area contributed by atoms with E-state index in [4.69, 9.17) is 0 Å². The number of rotatable bonds is 6. The highest BCUT2D eigenvalue weighted by Gasteiger charge is 2.34. The van der Waals surface area contributed by atoms with Crippen molar-refractivity contribution in [2.75, 3.05) is 0 Å². The van der Waals surface area contributed by atoms with Crippen LogP contribution in [0.25, 0.3) is 101 Å². The van der Waals surface area contributed by atoms with Gasteiger partial charge in [0.1, 0.15) is 5.82 Å². The van der Waals surface area contributed by atoms with Gasteiger partial charge >= 0.3 is 0 Å². The molecule has 14 rings (SSSR count). The van der Waals surface area contributed by atoms with E-state index in [-0.39, 0.29) is 0 Å². The van der Waals surface area contributed by atoms with E-state index in [0.717, 1.165) is 66.9 Å². The monoisotopic (exact) mass is 822 g/mol. The van der Waals surface area contributed by atoms with Crippen molar-refractivity contribution in [3.8, 4) is 56.3 Å². The van der Waals surface area contributed by atoms with Crippen LogP contribution in [0.5, 0.6) is 0 Å². The zero-order chi connectivity index (χ0) is 41.9. The number of nitrogens with zero attached hydrogens (tertiary/aromatic N) is 4. The van der Waals surface area contributed by atoms with Crippen molar-refractivity contribution in [1.82, 2.24) is 29.1 Å². The predicted molar refractivity (Wildman–Crippen MR) is 261 cm³/mol. The molecule has 64 heavy (non-hydrogen) atoms. The molecular formula is C58H42N6. The summed E-state index contributed by atoms with van der Waals surface area (Å²) in [5.74, 6) is 1.14. The van der Waals surface area contributed by atoms with E-state index in [0.29, 0.717) is 0 Å². The zero-order valence-corrected chi connectivity index (χ0v) is 35.2. The maximum atomic E-state index is 4.59. The summed E-state index contributed by atoms with van der Waals surface area (Å²) in [5, 5.41) is 4.03. The van der Waals surface area contributed by atoms with Gasteiger partial charge in [0.15, 0.2) is 0 Å². The van der Waals surface area contributed by atoms with E-state index in [1.807, 2.05) is 36.8 Å². The average molecular weight is 823 g/mol. The largest absolute Gasteiger partial charge is 0.366 e. The summed E-state index contributed by atoms with van der Waals surface area (Å²) < 4.78 is 5.11. The summed E-state index contributed by atoms with van der Waals surface area (Å²) >= 11 is 0. The fourth-order valence-corrected chi connectivity index (χ4v) is 11.5. The van der Waals surface area contributed by atoms with Gasteiger partial charge in [0.05, 0.1) is 33.6 Å². The molecule has 0 unspecified atom stereocenters. The van der Waals surface area contributed by atoms with Crippen LogP contribution >= 0.6 is 0 Å². The SMILES string of the molecule is C1=C(c2ccc(-c3ccccn3)cc2)CCc2c1c1cc3c4c(c1n2-c1ccc[nH]1)CCc1c-4c(cc2c4cc(-c5ccc(-c6ccccn6)cc5)ccc4n(-c4cc[nH]c4)c12)CC3. The van der Waals surface area contributed by atoms with Crippen LogP contribution in [0.4, 0.5) is 0 Å². The molecule has 6 heterocycles. The van der Waals surface area contributed by atoms with Crippen LogP contribution in [0.1, 0.15) is 45.5 Å². The summed E-state index contributed by atoms with van der Waals surface area (Å²) in [5.41, 5.74) is 26.2. The Morgan fingerprint density at radius 2 is 1.14 bits per heavy atom. The van der Waals surface area contributed by atoms with Crippen LogP contribution in [0.3, 0.4) is 0 Å². The van der Waals surface area contributed by atoms with Crippen molar-refractivity contribution in [2.24, 2.45) is 0 Å². The Morgan fingerprint density at radius 3 is 1.78 bits per heavy atom. The molecule has 0 atom stereocenters. The minimum Gasteiger partial charge on any atom is -0.366 e. The van der Waals surface area contributed by atoms with Gasteiger partial charge in [-0.3, -0.25) is 14.5 Å². The Kier molecular flexibility index (Phi) is 7.66. The number of benzene rings is 5. The number of hydrogen-bond acceptors (Lipinski definition) is 2. The molecular weight excluding hydrogens is 781 g/mol. The van der Waals surface area contributed by atoms with Crippen LogP contribution < -0.4 is 0 Å². The molecule has 3 aliphatic rings. The second-order valence-electron chi connectivity index (χ2n) is 17.7. The maximum Gasteiger partial charge on any atom is 0.114 e. The number of aryl methyl sites for hydroxylation is 4. The normalized spacial score (nSPS) is 14.0. The van der Waals surface area contributed by atoms with Gasteiger partial charge in [0, 0.05) is 69.5 Å². The van der Waals surface area contributed by atoms with Gasteiger partial charge in [-0.15, -0.1) is 0 Å². The average Bonchev–Trinajstić information content (AvgIpc) is 4.20. The Hall–Kier alpha value is -7.96. The molecule has 6 aromatic heterocycles. The number of pyridine rings is 2. The fraction of sp³-hybridized carbons (Fsp3) is 0.103. The highest BCUT2D eigenvalue weighted by Crippen LogP contribution is 2.52. The number of aromatic amines is 2. The first-order chi connectivity index (χ1) is 31.7. The van der Waals surface area contributed by atoms with E-state index < -0.39 is 0 Å². The number of hydrogen-bond donors (Lipinski definition) is 2. The van der Waals surface area contributed by atoms with E-state index in [1.165, 1.54) is 105 Å². The second-order valence-corrected chi connectivity index (χ2v) is 17.7. The third-order valence-corrected chi connectivity index (χ3v) is 14.4. The van der Waals surface area contributed by atoms with Crippen molar-refractivity contribution in [1.29, 1.82) is 0 Å². The smallest absolute Gasteiger partial charge is 0.114 e. The first kappa shape index (κ1) is 35.6. The number of H-pyrrole nitrogens is 2. The highest BCUT2D eigenvalue weighted by molar-refractivity contribution is 6.15. The van der Waals surface area contributed by atoms with E-state index in [1.54, 1.807) is 0 Å². The summed E-state index contributed by atoms with van der Waals surface area (Å²) in [7, 11) is 0. The summed E-state index contributed by atoms with van der Waals surface area (Å²) in [6.45, 7) is 0. The number of nitrogens with one attached hydrogen (secondary N) is 2. The van der Waals surface area contributed by atoms with Crippen LogP contribution in [0, 0.1) is 0 Å². The Balaban J connectivity index is 0.949. The van der Waals surface area contributed by atoms with E-state index >= 15 is 0 Å². The summed E-state index contributed by atoms with van der Waals surface area (Å²) in [6, 6.07) is 48.8. The molecule has 5 aromatic carbocycles. The molecule has 2 N–H and O–H groups in total. The first-order valence-corrected chi connectivity index (χ1v) is 22.6. The van der Waals surface area contributed by atoms with Gasteiger partial charge in [0.25, 0.3) is 0 Å². The first-order valence-electron chi connectivity index (χ1n) is 22.6. The number of allylic oxidation sites excluding steroid dienone is 1. The number of aromatic nitrogens is 6. The Labute approximate surface area is 370 Å². The van der Waals surface area contributed by atoms with Gasteiger partial charge in [-0.25, -0.2) is 0 Å². The van der Waals surface area contributed by atoms with Crippen LogP contribution in [-0.4, -0.2) is 29.1 Å². The zero-order valence-electron chi connectivity index (χ0n) is 35.2. The lowest BCUT2D eigenvalue weighted by Crippen LogP contribution is -2.16. The molecule has 0 fully saturated rings. The minimum absolute atomic E-state index is 0.983. The molecule has 304 valence electrons. The third kappa shape index (κ3) is 5.26. The van der Waals surface area contributed by atoms with Crippen LogP contribution in [0.2, 0.25) is 0 Å². The van der Waals surface area contributed by atoms with E-state index in [2.05, 4.69) is 163 Å². The summed E-state index contributed by atoms with van der Waals surface area (Å²) in [4.78, 5) is 16.2. The van der Waals surface area contributed by atoms with Crippen molar-refractivity contribution in [2.45, 2.75) is 38.5 Å². The second kappa shape index (κ2) is 13.8. The maximum absolute atomic E-state index is 4.59. The quantitative estimate of drug-likeness (QED) is 0.175. The molecule has 6 heteroatoms. The van der Waals surface area contributed by atoms with Crippen molar-refractivity contribution in [3.63, 3.8) is 0 Å². The standard InChI is InChI=1S/C58H42N6/c1-3-26-60-50(6-1)37-13-9-35(10-14-37)39-19-23-52-46(30-39)48-32-41-17-18-42-33-49-47-31-40(36-11-15-38(16-12-36)51-7-2-4-27-61-51)20-24-53(47)64(54-8-5-28-62-54)58(49)45-22-21-44(55(41)56(42)45)57(48)63(52)43-25-29-59-34-43/h1-16,19,23,25-34,59,62H,17-18,20-22,24H2. The van der Waals surface area contributed by atoms with Gasteiger partial charge in [0.2, 0.25) is 0 Å². The van der Waals surface area contributed by atoms with Crippen molar-refractivity contribution >= 4 is 44.4 Å². The van der Waals surface area contributed by atoms with Gasteiger partial charge in [-0.2, -0.15) is 0 Å².